The van der Waals surface area contributed by atoms with Crippen LogP contribution in [0.25, 0.3) is 77.6 Å². The van der Waals surface area contributed by atoms with Gasteiger partial charge in [-0.15, -0.1) is 0 Å². The molecule has 0 fully saturated rings. The fourth-order valence-corrected chi connectivity index (χ4v) is 14.2. The first-order valence-electron chi connectivity index (χ1n) is 21.8. The molecule has 0 saturated heterocycles. The molecule has 2 heterocycles. The van der Waals surface area contributed by atoms with Crippen molar-refractivity contribution in [3.05, 3.63) is 248 Å². The summed E-state index contributed by atoms with van der Waals surface area (Å²) in [5, 5.41) is 16.9. The molecule has 6 nitrogen and oxygen atoms in total. The summed E-state index contributed by atoms with van der Waals surface area (Å²) in [6.07, 6.45) is 0. The summed E-state index contributed by atoms with van der Waals surface area (Å²) >= 11 is 0. The molecule has 0 unspecified atom stereocenters. The zero-order valence-corrected chi connectivity index (χ0v) is 36.6. The molecular formula is C59H38N6Si. The van der Waals surface area contributed by atoms with E-state index in [0.29, 0.717) is 28.7 Å². The van der Waals surface area contributed by atoms with Crippen molar-refractivity contribution < 1.29 is 0 Å². The third-order valence-corrected chi connectivity index (χ3v) is 17.2. The minimum atomic E-state index is -2.92. The van der Waals surface area contributed by atoms with E-state index in [-0.39, 0.29) is 0 Å². The Labute approximate surface area is 383 Å². The van der Waals surface area contributed by atoms with Crippen LogP contribution in [-0.2, 0) is 0 Å². The average molecular weight is 859 g/mol. The highest BCUT2D eigenvalue weighted by molar-refractivity contribution is 7.19. The van der Waals surface area contributed by atoms with Crippen LogP contribution >= 0.6 is 0 Å². The van der Waals surface area contributed by atoms with Gasteiger partial charge in [0.05, 0.1) is 29.2 Å². The minimum Gasteiger partial charge on any atom is -0.309 e. The normalized spacial score (nSPS) is 11.3. The van der Waals surface area contributed by atoms with Gasteiger partial charge in [0, 0.05) is 27.8 Å². The average Bonchev–Trinajstić information content (AvgIpc) is 3.73. The van der Waals surface area contributed by atoms with Crippen LogP contribution in [-0.4, -0.2) is 27.6 Å². The van der Waals surface area contributed by atoms with Gasteiger partial charge >= 0.3 is 0 Å². The molecule has 2 aromatic heterocycles. The molecular weight excluding hydrogens is 821 g/mol. The van der Waals surface area contributed by atoms with Crippen molar-refractivity contribution in [3.8, 4) is 57.0 Å². The lowest BCUT2D eigenvalue weighted by Gasteiger charge is -2.34. The lowest BCUT2D eigenvalue weighted by atomic mass is 9.98. The molecule has 11 rings (SSSR count). The molecule has 0 saturated carbocycles. The summed E-state index contributed by atoms with van der Waals surface area (Å²) < 4.78 is 2.23. The second kappa shape index (κ2) is 16.9. The second-order valence-corrected chi connectivity index (χ2v) is 20.0. The summed E-state index contributed by atoms with van der Waals surface area (Å²) in [4.78, 5) is 19.3. The molecule has 0 aliphatic heterocycles. The summed E-state index contributed by atoms with van der Waals surface area (Å²) in [6, 6.07) is 82.4. The molecule has 0 atom stereocenters. The van der Waals surface area contributed by atoms with E-state index in [9.17, 15) is 5.26 Å². The highest BCUT2D eigenvalue weighted by Gasteiger charge is 2.41. The number of hydrogen-bond donors (Lipinski definition) is 0. The van der Waals surface area contributed by atoms with Crippen molar-refractivity contribution in [2.45, 2.75) is 0 Å². The first-order chi connectivity index (χ1) is 32.6. The van der Waals surface area contributed by atoms with Gasteiger partial charge in [0.25, 0.3) is 0 Å². The van der Waals surface area contributed by atoms with Gasteiger partial charge in [-0.25, -0.2) is 19.8 Å². The van der Waals surface area contributed by atoms with E-state index in [0.717, 1.165) is 55.3 Å². The zero-order chi connectivity index (χ0) is 44.5. The van der Waals surface area contributed by atoms with E-state index < -0.39 is 8.07 Å². The predicted octanol–water partition coefficient (Wildman–Crippen LogP) is 11.4. The predicted molar refractivity (Wildman–Crippen MR) is 271 cm³/mol. The molecule has 11 aromatic rings. The van der Waals surface area contributed by atoms with Crippen LogP contribution in [0, 0.1) is 17.9 Å². The minimum absolute atomic E-state index is 0.540. The van der Waals surface area contributed by atoms with Crippen LogP contribution < -0.4 is 20.7 Å². The van der Waals surface area contributed by atoms with Crippen LogP contribution in [0.2, 0.25) is 0 Å². The summed E-state index contributed by atoms with van der Waals surface area (Å²) in [5.41, 5.74) is 8.46. The fourth-order valence-electron chi connectivity index (χ4n) is 9.45. The molecule has 9 aromatic carbocycles. The smallest absolute Gasteiger partial charge is 0.188 e. The Bertz CT molecular complexity index is 3430. The summed E-state index contributed by atoms with van der Waals surface area (Å²) in [7, 11) is -2.92. The van der Waals surface area contributed by atoms with Gasteiger partial charge in [0.1, 0.15) is 0 Å². The van der Waals surface area contributed by atoms with Gasteiger partial charge in [-0.3, -0.25) is 0 Å². The number of nitriles is 1. The molecule has 0 amide bonds. The molecule has 7 heteroatoms. The third kappa shape index (κ3) is 6.94. The maximum Gasteiger partial charge on any atom is 0.188 e. The van der Waals surface area contributed by atoms with Crippen LogP contribution in [0.4, 0.5) is 5.69 Å². The Hall–Kier alpha value is -9.01. The molecule has 0 N–H and O–H groups in total. The van der Waals surface area contributed by atoms with E-state index in [1.54, 1.807) is 0 Å². The second-order valence-electron chi connectivity index (χ2n) is 16.2. The maximum absolute atomic E-state index is 9.96. The Morgan fingerprint density at radius 3 is 1.45 bits per heavy atom. The van der Waals surface area contributed by atoms with Crippen LogP contribution in [0.15, 0.2) is 231 Å². The van der Waals surface area contributed by atoms with Crippen molar-refractivity contribution >= 4 is 56.3 Å². The van der Waals surface area contributed by atoms with Crippen molar-refractivity contribution in [1.82, 2.24) is 19.5 Å². The van der Waals surface area contributed by atoms with E-state index in [4.69, 9.17) is 21.5 Å². The van der Waals surface area contributed by atoms with Gasteiger partial charge in [-0.2, -0.15) is 5.26 Å². The van der Waals surface area contributed by atoms with Crippen LogP contribution in [0.5, 0.6) is 0 Å². The monoisotopic (exact) mass is 858 g/mol. The van der Waals surface area contributed by atoms with Crippen molar-refractivity contribution in [3.63, 3.8) is 0 Å². The van der Waals surface area contributed by atoms with Crippen molar-refractivity contribution in [1.29, 1.82) is 5.26 Å². The van der Waals surface area contributed by atoms with E-state index in [1.165, 1.54) is 20.7 Å². The molecule has 0 aliphatic rings. The number of nitrogens with zero attached hydrogens (tertiary/aromatic N) is 6. The van der Waals surface area contributed by atoms with Crippen LogP contribution in [0.3, 0.4) is 0 Å². The van der Waals surface area contributed by atoms with E-state index in [2.05, 4.69) is 149 Å². The number of benzene rings is 9. The molecule has 308 valence electrons. The Balaban J connectivity index is 1.22. The van der Waals surface area contributed by atoms with Crippen molar-refractivity contribution in [2.75, 3.05) is 0 Å². The lowest BCUT2D eigenvalue weighted by molar-refractivity contribution is 1.07. The number of hydrogen-bond acceptors (Lipinski definition) is 4. The van der Waals surface area contributed by atoms with Gasteiger partial charge in [-0.1, -0.05) is 182 Å². The molecule has 66 heavy (non-hydrogen) atoms. The third-order valence-electron chi connectivity index (χ3n) is 12.4. The molecule has 0 bridgehead atoms. The van der Waals surface area contributed by atoms with Crippen molar-refractivity contribution in [2.24, 2.45) is 0 Å². The Morgan fingerprint density at radius 1 is 0.424 bits per heavy atom. The SMILES string of the molecule is [C-]#[N+]c1ccc2c(c1)c1cc(C#N)ccc1n2-c1ccc(-c2nc(-c3ccccc3)nc(-c3ccccc3)n2)c(-c2cccc([Si](c3ccccc3)(c3ccccc3)c3ccccc3)c2)c1. The zero-order valence-electron chi connectivity index (χ0n) is 35.6. The van der Waals surface area contributed by atoms with E-state index >= 15 is 0 Å². The number of fused-ring (bicyclic) bond motifs is 3. The van der Waals surface area contributed by atoms with Gasteiger partial charge in [0.15, 0.2) is 31.2 Å². The number of rotatable bonds is 9. The quantitative estimate of drug-likeness (QED) is 0.0823. The Morgan fingerprint density at radius 2 is 0.909 bits per heavy atom. The maximum atomic E-state index is 9.96. The largest absolute Gasteiger partial charge is 0.309 e. The van der Waals surface area contributed by atoms with Gasteiger partial charge < -0.3 is 4.57 Å². The van der Waals surface area contributed by atoms with E-state index in [1.807, 2.05) is 97.1 Å². The molecule has 0 spiro atoms. The first-order valence-corrected chi connectivity index (χ1v) is 23.8. The number of aromatic nitrogens is 4. The Kier molecular flexibility index (Phi) is 10.2. The highest BCUT2D eigenvalue weighted by atomic mass is 28.3. The highest BCUT2D eigenvalue weighted by Crippen LogP contribution is 2.39. The standard InChI is InChI=1S/C59H38N6Si/c1-61-45-31-35-56-54(38-45)53-36-41(40-60)30-34-55(53)65(56)46-32-33-51(59-63-57(42-18-7-2-8-19-42)62-58(64-59)43-20-9-3-10-21-43)52(39-46)44-22-17-29-50(37-44)66(47-23-11-4-12-24-47,48-25-13-5-14-26-48)49-27-15-6-16-28-49/h2-39H. The first kappa shape index (κ1) is 39.8. The van der Waals surface area contributed by atoms with Crippen LogP contribution in [0.1, 0.15) is 5.56 Å². The summed E-state index contributed by atoms with van der Waals surface area (Å²) in [6.45, 7) is 7.82. The topological polar surface area (TPSA) is 71.8 Å². The molecule has 0 aliphatic carbocycles. The summed E-state index contributed by atoms with van der Waals surface area (Å²) in [5.74, 6) is 1.71. The van der Waals surface area contributed by atoms with Gasteiger partial charge in [-0.05, 0) is 85.8 Å². The lowest BCUT2D eigenvalue weighted by Crippen LogP contribution is -2.74. The molecule has 0 radical (unpaired) electrons. The fraction of sp³-hybridized carbons (Fsp3) is 0. The van der Waals surface area contributed by atoms with Gasteiger partial charge in [0.2, 0.25) is 0 Å².